The first kappa shape index (κ1) is 38.7. The number of hydrogen-bond acceptors (Lipinski definition) is 9. The summed E-state index contributed by atoms with van der Waals surface area (Å²) in [6.45, 7) is 16.0. The molecule has 1 aliphatic carbocycles. The number of imide groups is 2. The number of amides is 5. The highest BCUT2D eigenvalue weighted by molar-refractivity contribution is 6.23. The van der Waals surface area contributed by atoms with Crippen LogP contribution in [0.1, 0.15) is 78.7 Å². The first-order valence-electron chi connectivity index (χ1n) is 20.1. The average molecular weight is 812 g/mol. The Balaban J connectivity index is 0.754. The number of fused-ring (bicyclic) bond motifs is 2. The van der Waals surface area contributed by atoms with Gasteiger partial charge in [-0.1, -0.05) is 6.07 Å². The molecule has 5 amide bonds. The lowest BCUT2D eigenvalue weighted by atomic mass is 9.71. The van der Waals surface area contributed by atoms with Crippen LogP contribution in [0.15, 0.2) is 48.8 Å². The number of hydrogen-bond donors (Lipinski definition) is 2. The highest BCUT2D eigenvalue weighted by atomic mass is 19.4. The van der Waals surface area contributed by atoms with Gasteiger partial charge in [0.1, 0.15) is 11.6 Å². The Morgan fingerprint density at radius 1 is 0.932 bits per heavy atom. The van der Waals surface area contributed by atoms with E-state index in [0.717, 1.165) is 93.4 Å². The Kier molecular flexibility index (Phi) is 9.14. The maximum Gasteiger partial charge on any atom is 0.407 e. The molecule has 59 heavy (non-hydrogen) atoms. The van der Waals surface area contributed by atoms with Crippen molar-refractivity contribution in [2.24, 2.45) is 17.3 Å². The van der Waals surface area contributed by atoms with Crippen LogP contribution in [0.4, 0.5) is 35.9 Å². The molecule has 5 aliphatic heterocycles. The fraction of sp³-hybridized carbons (Fsp3) is 0.500. The standard InChI is InChI=1S/C42H44F3N9O5/c1-40(2,39(59)48-26-4-7-33(46-3)32(16-26)42(43,44)45)53-21-29(18-47-53)50-12-10-41(11-13-50)22-52(23-41)28-14-24-19-51(20-25(24)15-28)27-5-6-30-31(17-27)38(58)54(37(30)57)34-8-9-35(55)49-36(34)56/h4-7,16-18,21,24-25,28,34H,8-15,19-20,22-23H2,1-2H3,(H,48,59)(H,49,55,56). The van der Waals surface area contributed by atoms with E-state index in [2.05, 4.69) is 35.3 Å². The van der Waals surface area contributed by atoms with E-state index in [1.807, 2.05) is 12.3 Å². The molecule has 0 radical (unpaired) electrons. The van der Waals surface area contributed by atoms with E-state index in [1.165, 1.54) is 10.7 Å². The number of alkyl halides is 3. The molecule has 0 bridgehead atoms. The zero-order chi connectivity index (χ0) is 41.6. The second-order valence-electron chi connectivity index (χ2n) is 17.6. The van der Waals surface area contributed by atoms with Crippen molar-refractivity contribution in [3.63, 3.8) is 0 Å². The largest absolute Gasteiger partial charge is 0.407 e. The normalized spacial score (nSPS) is 25.5. The van der Waals surface area contributed by atoms with Crippen molar-refractivity contribution >= 4 is 52.3 Å². The smallest absolute Gasteiger partial charge is 0.371 e. The van der Waals surface area contributed by atoms with Crippen molar-refractivity contribution in [2.75, 3.05) is 54.4 Å². The number of carbonyl (C=O) groups is 5. The summed E-state index contributed by atoms with van der Waals surface area (Å²) >= 11 is 0. The Morgan fingerprint density at radius 3 is 2.29 bits per heavy atom. The fourth-order valence-corrected chi connectivity index (χ4v) is 10.2. The van der Waals surface area contributed by atoms with E-state index >= 15 is 0 Å². The van der Waals surface area contributed by atoms with E-state index in [4.69, 9.17) is 6.57 Å². The van der Waals surface area contributed by atoms with Crippen molar-refractivity contribution in [3.8, 4) is 0 Å². The van der Waals surface area contributed by atoms with Crippen LogP contribution in [-0.2, 0) is 26.1 Å². The van der Waals surface area contributed by atoms with Crippen LogP contribution < -0.4 is 20.4 Å². The second-order valence-corrected chi connectivity index (χ2v) is 17.6. The third-order valence-electron chi connectivity index (χ3n) is 13.7. The van der Waals surface area contributed by atoms with Gasteiger partial charge in [0.15, 0.2) is 5.69 Å². The molecule has 308 valence electrons. The minimum atomic E-state index is -4.73. The number of nitrogens with zero attached hydrogens (tertiary/aromatic N) is 7. The van der Waals surface area contributed by atoms with E-state index in [1.54, 1.807) is 32.2 Å². The number of carbonyl (C=O) groups excluding carboxylic acids is 5. The number of piperidine rings is 2. The minimum absolute atomic E-state index is 0.0509. The monoisotopic (exact) mass is 811 g/mol. The SMILES string of the molecule is [C-]#[N+]c1ccc(NC(=O)C(C)(C)n2cc(N3CCC4(CC3)CN(C3CC5CN(c6ccc7c(c6)C(=O)N(C6CCC(=O)NC6=O)C7=O)CC5C3)C4)cn2)cc1C(F)(F)F. The van der Waals surface area contributed by atoms with Gasteiger partial charge in [0, 0.05) is 69.3 Å². The number of anilines is 3. The topological polar surface area (TPSA) is 145 Å². The molecule has 3 unspecified atom stereocenters. The highest BCUT2D eigenvalue weighted by Crippen LogP contribution is 2.49. The van der Waals surface area contributed by atoms with Crippen molar-refractivity contribution in [1.82, 2.24) is 24.9 Å². The molecule has 4 saturated heterocycles. The molecule has 6 heterocycles. The quantitative estimate of drug-likeness (QED) is 0.248. The average Bonchev–Trinajstić information content (AvgIpc) is 3.98. The summed E-state index contributed by atoms with van der Waals surface area (Å²) in [6.07, 6.45) is 3.32. The summed E-state index contributed by atoms with van der Waals surface area (Å²) in [7, 11) is 0. The number of nitrogens with one attached hydrogen (secondary N) is 2. The van der Waals surface area contributed by atoms with Gasteiger partial charge in [0.2, 0.25) is 11.8 Å². The van der Waals surface area contributed by atoms with Crippen LogP contribution in [0, 0.1) is 23.8 Å². The van der Waals surface area contributed by atoms with Gasteiger partial charge in [-0.2, -0.15) is 18.3 Å². The van der Waals surface area contributed by atoms with Gasteiger partial charge in [-0.3, -0.25) is 43.8 Å². The second kappa shape index (κ2) is 13.9. The molecule has 3 atom stereocenters. The zero-order valence-corrected chi connectivity index (χ0v) is 32.7. The van der Waals surface area contributed by atoms with Gasteiger partial charge in [-0.15, -0.1) is 0 Å². The number of likely N-dealkylation sites (tertiary alicyclic amines) is 1. The van der Waals surface area contributed by atoms with Crippen LogP contribution in [0.3, 0.4) is 0 Å². The molecule has 1 spiro atoms. The molecule has 2 aromatic carbocycles. The van der Waals surface area contributed by atoms with Crippen molar-refractivity contribution in [2.45, 2.75) is 76.2 Å². The van der Waals surface area contributed by atoms with Gasteiger partial charge >= 0.3 is 6.18 Å². The van der Waals surface area contributed by atoms with Crippen molar-refractivity contribution in [3.05, 3.63) is 76.9 Å². The van der Waals surface area contributed by atoms with E-state index in [0.29, 0.717) is 23.4 Å². The third kappa shape index (κ3) is 6.70. The van der Waals surface area contributed by atoms with Crippen LogP contribution in [-0.4, -0.2) is 100 Å². The molecular weight excluding hydrogens is 768 g/mol. The van der Waals surface area contributed by atoms with Crippen LogP contribution in [0.25, 0.3) is 4.85 Å². The van der Waals surface area contributed by atoms with Crippen molar-refractivity contribution in [1.29, 1.82) is 0 Å². The summed E-state index contributed by atoms with van der Waals surface area (Å²) in [4.78, 5) is 75.2. The van der Waals surface area contributed by atoms with E-state index < -0.39 is 58.5 Å². The number of rotatable bonds is 7. The van der Waals surface area contributed by atoms with Crippen LogP contribution in [0.5, 0.6) is 0 Å². The Labute approximate surface area is 338 Å². The van der Waals surface area contributed by atoms with Gasteiger partial charge in [0.25, 0.3) is 17.7 Å². The fourth-order valence-electron chi connectivity index (χ4n) is 10.2. The summed E-state index contributed by atoms with van der Waals surface area (Å²) in [5.74, 6) is -1.47. The third-order valence-corrected chi connectivity index (χ3v) is 13.7. The predicted octanol–water partition coefficient (Wildman–Crippen LogP) is 5.04. The first-order valence-corrected chi connectivity index (χ1v) is 20.1. The lowest BCUT2D eigenvalue weighted by Gasteiger charge is -2.56. The van der Waals surface area contributed by atoms with Gasteiger partial charge in [-0.05, 0) is 93.5 Å². The molecule has 14 nitrogen and oxygen atoms in total. The molecule has 5 fully saturated rings. The number of benzene rings is 2. The summed E-state index contributed by atoms with van der Waals surface area (Å²) in [6, 6.07) is 8.04. The Bertz CT molecular complexity index is 2300. The molecule has 17 heteroatoms. The lowest BCUT2D eigenvalue weighted by molar-refractivity contribution is -0.137. The minimum Gasteiger partial charge on any atom is -0.371 e. The number of halogens is 3. The molecule has 9 rings (SSSR count). The molecular formula is C42H44F3N9O5. The molecule has 1 saturated carbocycles. The highest BCUT2D eigenvalue weighted by Gasteiger charge is 2.52. The first-order chi connectivity index (χ1) is 28.0. The lowest BCUT2D eigenvalue weighted by Crippen LogP contribution is -2.62. The van der Waals surface area contributed by atoms with Crippen LogP contribution >= 0.6 is 0 Å². The molecule has 1 aromatic heterocycles. The van der Waals surface area contributed by atoms with Gasteiger partial charge in [-0.25, -0.2) is 4.85 Å². The Morgan fingerprint density at radius 2 is 1.63 bits per heavy atom. The Hall–Kier alpha value is -5.76. The maximum absolute atomic E-state index is 13.5. The van der Waals surface area contributed by atoms with Crippen molar-refractivity contribution < 1.29 is 37.1 Å². The molecule has 6 aliphatic rings. The molecule has 2 N–H and O–H groups in total. The van der Waals surface area contributed by atoms with E-state index in [9.17, 15) is 37.1 Å². The van der Waals surface area contributed by atoms with E-state index in [-0.39, 0.29) is 29.5 Å². The summed E-state index contributed by atoms with van der Waals surface area (Å²) in [5.41, 5.74) is -0.240. The summed E-state index contributed by atoms with van der Waals surface area (Å²) < 4.78 is 42.0. The number of aromatic nitrogens is 2. The molecule has 3 aromatic rings. The van der Waals surface area contributed by atoms with Crippen LogP contribution in [0.2, 0.25) is 0 Å². The van der Waals surface area contributed by atoms with Gasteiger partial charge in [0.05, 0.1) is 35.1 Å². The predicted molar refractivity (Wildman–Crippen MR) is 209 cm³/mol. The van der Waals surface area contributed by atoms with Gasteiger partial charge < -0.3 is 15.1 Å². The maximum atomic E-state index is 13.5. The summed E-state index contributed by atoms with van der Waals surface area (Å²) in [5, 5.41) is 9.28. The zero-order valence-electron chi connectivity index (χ0n) is 32.7.